The second-order valence-electron chi connectivity index (χ2n) is 17.1. The highest BCUT2D eigenvalue weighted by Crippen LogP contribution is 2.37. The van der Waals surface area contributed by atoms with Crippen molar-refractivity contribution < 1.29 is 33.2 Å². The standard InChI is InChI=1S/C29H44N8O3.C22H23N3O4/c1-4-23-28(31-20-9-17-40-18-10-20)34-29(26(33-23)27(30)38)32-21-5-6-24(25(19-21)39-3)37-11-7-22(8-12-37)36-15-13-35(2)14-16-36;1-4-16-6-5-7-17(12-16)25-22-18-13-20(28-10-8-26-2)21(29-11-9-27-3)14-19(18)23-15-24-22/h5-6,19-20,22H,4,7-18H2,1-3H3,(H2,30,38)(H2,31,32,34);1,5-7,12-15H,8-11H2,2-3H3,(H,23,24,25). The highest BCUT2D eigenvalue weighted by atomic mass is 16.5. The summed E-state index contributed by atoms with van der Waals surface area (Å²) in [7, 11) is 7.15. The van der Waals surface area contributed by atoms with Gasteiger partial charge in [-0.2, -0.15) is 0 Å². The number of methoxy groups -OCH3 is 3. The summed E-state index contributed by atoms with van der Waals surface area (Å²) in [6.45, 7) is 11.8. The number of carbonyl (C=O) groups excluding carboxylic acids is 1. The maximum Gasteiger partial charge on any atom is 0.271 e. The van der Waals surface area contributed by atoms with Gasteiger partial charge in [0.15, 0.2) is 28.8 Å². The molecule has 0 atom stereocenters. The summed E-state index contributed by atoms with van der Waals surface area (Å²) in [6, 6.07) is 18.2. The lowest BCUT2D eigenvalue weighted by molar-refractivity contribution is 0.0903. The number of primary amides is 1. The van der Waals surface area contributed by atoms with Gasteiger partial charge in [-0.25, -0.2) is 19.9 Å². The van der Waals surface area contributed by atoms with E-state index in [1.807, 2.05) is 55.5 Å². The van der Waals surface area contributed by atoms with Crippen LogP contribution in [0.5, 0.6) is 17.2 Å². The van der Waals surface area contributed by atoms with Gasteiger partial charge in [-0.1, -0.05) is 18.9 Å². The topological polar surface area (TPSA) is 196 Å². The normalized spacial score (nSPS) is 16.0. The first-order valence-electron chi connectivity index (χ1n) is 23.7. The zero-order valence-electron chi connectivity index (χ0n) is 40.6. The molecule has 0 bridgehead atoms. The quantitative estimate of drug-likeness (QED) is 0.0547. The molecule has 5 N–H and O–H groups in total. The molecule has 3 saturated heterocycles. The number of aromatic nitrogens is 4. The van der Waals surface area contributed by atoms with Crippen LogP contribution in [0.25, 0.3) is 10.9 Å². The molecule has 3 aliphatic rings. The lowest BCUT2D eigenvalue weighted by Gasteiger charge is -2.42. The summed E-state index contributed by atoms with van der Waals surface area (Å²) in [4.78, 5) is 38.0. The molecule has 8 rings (SSSR count). The summed E-state index contributed by atoms with van der Waals surface area (Å²) in [6.07, 6.45) is 11.7. The van der Waals surface area contributed by atoms with Gasteiger partial charge in [-0.15, -0.1) is 6.42 Å². The summed E-state index contributed by atoms with van der Waals surface area (Å²) in [5.41, 5.74) is 10.7. The van der Waals surface area contributed by atoms with Crippen molar-refractivity contribution in [2.45, 2.75) is 51.1 Å². The van der Waals surface area contributed by atoms with Crippen LogP contribution in [0.4, 0.5) is 34.5 Å². The summed E-state index contributed by atoms with van der Waals surface area (Å²) in [5, 5.41) is 10.9. The van der Waals surface area contributed by atoms with E-state index in [0.717, 1.165) is 123 Å². The fraction of sp³-hybridized carbons (Fsp3) is 0.471. The Morgan fingerprint density at radius 3 is 2.16 bits per heavy atom. The van der Waals surface area contributed by atoms with Crippen molar-refractivity contribution in [3.8, 4) is 29.6 Å². The number of hydrogen-bond donors (Lipinski definition) is 4. The first-order chi connectivity index (χ1) is 33.7. The van der Waals surface area contributed by atoms with Crippen LogP contribution in [0.1, 0.15) is 54.4 Å². The predicted octanol–water partition coefficient (Wildman–Crippen LogP) is 6.10. The Bertz CT molecular complexity index is 2500. The number of piperazine rings is 1. The number of amides is 1. The molecule has 0 spiro atoms. The largest absolute Gasteiger partial charge is 0.495 e. The molecule has 0 radical (unpaired) electrons. The molecule has 368 valence electrons. The number of nitrogens with two attached hydrogens (primary N) is 1. The monoisotopic (exact) mass is 946 g/mol. The number of likely N-dealkylation sites (N-methyl/N-ethyl adjacent to an activating group) is 1. The minimum Gasteiger partial charge on any atom is -0.495 e. The fourth-order valence-corrected chi connectivity index (χ4v) is 8.62. The van der Waals surface area contributed by atoms with Gasteiger partial charge >= 0.3 is 0 Å². The third-order valence-corrected chi connectivity index (χ3v) is 12.5. The lowest BCUT2D eigenvalue weighted by atomic mass is 10.0. The summed E-state index contributed by atoms with van der Waals surface area (Å²) >= 11 is 0. The van der Waals surface area contributed by atoms with E-state index in [1.165, 1.54) is 6.33 Å². The molecule has 0 saturated carbocycles. The van der Waals surface area contributed by atoms with Crippen molar-refractivity contribution in [3.05, 3.63) is 77.9 Å². The molecule has 0 aliphatic carbocycles. The molecule has 18 heteroatoms. The number of rotatable bonds is 19. The Hall–Kier alpha value is -6.49. The van der Waals surface area contributed by atoms with E-state index in [1.54, 1.807) is 21.3 Å². The van der Waals surface area contributed by atoms with Crippen LogP contribution in [-0.4, -0.2) is 155 Å². The Balaban J connectivity index is 0.000000215. The number of nitrogens with one attached hydrogen (secondary N) is 3. The van der Waals surface area contributed by atoms with E-state index in [9.17, 15) is 4.79 Å². The van der Waals surface area contributed by atoms with E-state index < -0.39 is 5.91 Å². The molecular formula is C51H67N11O7. The molecule has 3 aliphatic heterocycles. The number of terminal acetylenes is 1. The number of nitrogens with zero attached hydrogens (tertiary/aromatic N) is 7. The van der Waals surface area contributed by atoms with Crippen LogP contribution in [0.3, 0.4) is 0 Å². The Morgan fingerprint density at radius 1 is 0.797 bits per heavy atom. The minimum atomic E-state index is -0.617. The lowest BCUT2D eigenvalue weighted by Crippen LogP contribution is -2.52. The third kappa shape index (κ3) is 13.6. The van der Waals surface area contributed by atoms with Gasteiger partial charge in [0.1, 0.15) is 31.1 Å². The molecule has 2 aromatic heterocycles. The number of piperidine rings is 1. The second kappa shape index (κ2) is 25.2. The van der Waals surface area contributed by atoms with E-state index >= 15 is 0 Å². The molecule has 0 unspecified atom stereocenters. The highest BCUT2D eigenvalue weighted by molar-refractivity contribution is 5.97. The van der Waals surface area contributed by atoms with Gasteiger partial charge in [-0.05, 0) is 75.5 Å². The van der Waals surface area contributed by atoms with Crippen LogP contribution in [-0.2, 0) is 20.6 Å². The fourth-order valence-electron chi connectivity index (χ4n) is 8.62. The first-order valence-corrected chi connectivity index (χ1v) is 23.7. The third-order valence-electron chi connectivity index (χ3n) is 12.5. The van der Waals surface area contributed by atoms with Crippen molar-refractivity contribution in [3.63, 3.8) is 0 Å². The summed E-state index contributed by atoms with van der Waals surface area (Å²) < 4.78 is 33.1. The molecule has 18 nitrogen and oxygen atoms in total. The molecule has 3 aromatic carbocycles. The van der Waals surface area contributed by atoms with Crippen LogP contribution in [0, 0.1) is 12.3 Å². The Kier molecular flexibility index (Phi) is 18.4. The second-order valence-corrected chi connectivity index (χ2v) is 17.1. The van der Waals surface area contributed by atoms with E-state index in [2.05, 4.69) is 64.6 Å². The van der Waals surface area contributed by atoms with Gasteiger partial charge < -0.3 is 59.9 Å². The first kappa shape index (κ1) is 50.4. The number of aryl methyl sites for hydroxylation is 1. The van der Waals surface area contributed by atoms with Gasteiger partial charge in [0.05, 0.1) is 37.2 Å². The number of ether oxygens (including phenoxy) is 6. The van der Waals surface area contributed by atoms with Crippen LogP contribution < -0.4 is 40.8 Å². The van der Waals surface area contributed by atoms with Crippen molar-refractivity contribution in [1.29, 1.82) is 0 Å². The number of fused-ring (bicyclic) bond motifs is 1. The van der Waals surface area contributed by atoms with Gasteiger partial charge in [0.2, 0.25) is 0 Å². The molecule has 3 fully saturated rings. The van der Waals surface area contributed by atoms with Crippen LogP contribution in [0.15, 0.2) is 60.9 Å². The minimum absolute atomic E-state index is 0.128. The van der Waals surface area contributed by atoms with E-state index in [-0.39, 0.29) is 11.7 Å². The van der Waals surface area contributed by atoms with Crippen molar-refractivity contribution in [1.82, 2.24) is 29.7 Å². The maximum absolute atomic E-state index is 12.3. The van der Waals surface area contributed by atoms with Crippen LogP contribution >= 0.6 is 0 Å². The predicted molar refractivity (Wildman–Crippen MR) is 270 cm³/mol. The number of carbonyl (C=O) groups is 1. The zero-order chi connectivity index (χ0) is 48.5. The summed E-state index contributed by atoms with van der Waals surface area (Å²) in [5.74, 6) is 5.62. The molecule has 69 heavy (non-hydrogen) atoms. The number of anilines is 6. The van der Waals surface area contributed by atoms with Crippen molar-refractivity contribution >= 4 is 51.3 Å². The zero-order valence-corrected chi connectivity index (χ0v) is 40.6. The van der Waals surface area contributed by atoms with E-state index in [4.69, 9.17) is 45.6 Å². The van der Waals surface area contributed by atoms with Crippen LogP contribution in [0.2, 0.25) is 0 Å². The SMILES string of the molecule is C#Cc1cccc(Nc2ncnc3cc(OCCOC)c(OCCOC)cc23)c1.CCc1nc(C(N)=O)c(Nc2ccc(N3CCC(N4CCN(C)CC4)CC3)c(OC)c2)nc1NC1CCOCC1. The Labute approximate surface area is 405 Å². The van der Waals surface area contributed by atoms with Gasteiger partial charge in [0.25, 0.3) is 5.91 Å². The number of hydrogen-bond acceptors (Lipinski definition) is 17. The average molecular weight is 946 g/mol. The number of benzene rings is 3. The molecule has 5 aromatic rings. The smallest absolute Gasteiger partial charge is 0.271 e. The average Bonchev–Trinajstić information content (AvgIpc) is 3.37. The highest BCUT2D eigenvalue weighted by Gasteiger charge is 2.28. The molecule has 5 heterocycles. The van der Waals surface area contributed by atoms with Gasteiger partial charge in [0, 0.05) is 113 Å². The van der Waals surface area contributed by atoms with Crippen molar-refractivity contribution in [2.75, 3.05) is 128 Å². The molecular weight excluding hydrogens is 879 g/mol. The van der Waals surface area contributed by atoms with E-state index in [0.29, 0.717) is 67.8 Å². The van der Waals surface area contributed by atoms with Gasteiger partial charge in [-0.3, -0.25) is 9.69 Å². The maximum atomic E-state index is 12.3. The van der Waals surface area contributed by atoms with Crippen molar-refractivity contribution in [2.24, 2.45) is 5.73 Å². The molecule has 1 amide bonds. The Morgan fingerprint density at radius 2 is 1.49 bits per heavy atom.